The molecule has 0 aliphatic heterocycles. The fraction of sp³-hybridized carbons (Fsp3) is 0.389. The third-order valence-electron chi connectivity index (χ3n) is 3.99. The quantitative estimate of drug-likeness (QED) is 0.826. The SMILES string of the molecule is CC(C)NC(=O)NC(=O)COc1ccc2c3c(c(=O)oc2c1)CCC3. The largest absolute Gasteiger partial charge is 0.484 e. The molecule has 1 aliphatic rings. The first-order valence-electron chi connectivity index (χ1n) is 8.26. The standard InChI is InChI=1S/C18H20N2O5/c1-10(2)19-18(23)20-16(21)9-24-11-6-7-13-12-4-3-5-14(12)17(22)25-15(13)8-11/h6-8,10H,3-5,9H2,1-2H3,(H2,19,20,21,23). The zero-order valence-electron chi connectivity index (χ0n) is 14.2. The maximum atomic E-state index is 12.0. The van der Waals surface area contributed by atoms with Crippen LogP contribution in [0.4, 0.5) is 4.79 Å². The first-order chi connectivity index (χ1) is 11.9. The molecular formula is C18H20N2O5. The molecular weight excluding hydrogens is 324 g/mol. The highest BCUT2D eigenvalue weighted by molar-refractivity contribution is 5.95. The van der Waals surface area contributed by atoms with E-state index >= 15 is 0 Å². The molecule has 0 bridgehead atoms. The van der Waals surface area contributed by atoms with E-state index in [-0.39, 0.29) is 18.3 Å². The summed E-state index contributed by atoms with van der Waals surface area (Å²) in [7, 11) is 0. The smallest absolute Gasteiger partial charge is 0.339 e. The lowest BCUT2D eigenvalue weighted by Crippen LogP contribution is -2.44. The molecule has 132 valence electrons. The van der Waals surface area contributed by atoms with Crippen LogP contribution in [0.1, 0.15) is 31.4 Å². The number of amides is 3. The van der Waals surface area contributed by atoms with Crippen molar-refractivity contribution in [1.82, 2.24) is 10.6 Å². The van der Waals surface area contributed by atoms with Crippen molar-refractivity contribution in [2.24, 2.45) is 0 Å². The molecule has 0 saturated carbocycles. The minimum atomic E-state index is -0.566. The van der Waals surface area contributed by atoms with Gasteiger partial charge in [-0.15, -0.1) is 0 Å². The van der Waals surface area contributed by atoms with Gasteiger partial charge >= 0.3 is 11.7 Å². The van der Waals surface area contributed by atoms with Crippen LogP contribution in [-0.4, -0.2) is 24.6 Å². The Morgan fingerprint density at radius 2 is 2.00 bits per heavy atom. The number of hydrogen-bond acceptors (Lipinski definition) is 5. The molecule has 7 nitrogen and oxygen atoms in total. The summed E-state index contributed by atoms with van der Waals surface area (Å²) < 4.78 is 10.7. The number of ether oxygens (including phenoxy) is 1. The molecule has 25 heavy (non-hydrogen) atoms. The molecule has 0 spiro atoms. The van der Waals surface area contributed by atoms with Gasteiger partial charge in [0.2, 0.25) is 0 Å². The lowest BCUT2D eigenvalue weighted by atomic mass is 10.1. The lowest BCUT2D eigenvalue weighted by molar-refractivity contribution is -0.122. The van der Waals surface area contributed by atoms with Gasteiger partial charge in [-0.2, -0.15) is 0 Å². The third kappa shape index (κ3) is 3.81. The van der Waals surface area contributed by atoms with Gasteiger partial charge in [0.05, 0.1) is 0 Å². The number of carbonyl (C=O) groups excluding carboxylic acids is 2. The predicted molar refractivity (Wildman–Crippen MR) is 91.8 cm³/mol. The molecule has 1 heterocycles. The number of carbonyl (C=O) groups is 2. The lowest BCUT2D eigenvalue weighted by Gasteiger charge is -2.10. The van der Waals surface area contributed by atoms with Crippen LogP contribution in [0, 0.1) is 0 Å². The van der Waals surface area contributed by atoms with E-state index in [9.17, 15) is 14.4 Å². The monoisotopic (exact) mass is 344 g/mol. The van der Waals surface area contributed by atoms with E-state index in [0.717, 1.165) is 35.8 Å². The molecule has 0 fully saturated rings. The fourth-order valence-corrected chi connectivity index (χ4v) is 2.96. The average molecular weight is 344 g/mol. The van der Waals surface area contributed by atoms with Gasteiger partial charge in [-0.05, 0) is 50.8 Å². The molecule has 2 aromatic rings. The van der Waals surface area contributed by atoms with Crippen molar-refractivity contribution in [1.29, 1.82) is 0 Å². The highest BCUT2D eigenvalue weighted by Crippen LogP contribution is 2.29. The van der Waals surface area contributed by atoms with Gasteiger partial charge in [0.15, 0.2) is 6.61 Å². The van der Waals surface area contributed by atoms with Crippen LogP contribution < -0.4 is 21.0 Å². The number of benzene rings is 1. The predicted octanol–water partition coefficient (Wildman–Crippen LogP) is 1.89. The van der Waals surface area contributed by atoms with Crippen molar-refractivity contribution in [3.63, 3.8) is 0 Å². The Hall–Kier alpha value is -2.83. The number of fused-ring (bicyclic) bond motifs is 3. The number of imide groups is 1. The Morgan fingerprint density at radius 1 is 1.24 bits per heavy atom. The molecule has 1 aliphatic carbocycles. The van der Waals surface area contributed by atoms with Gasteiger partial charge in [0.25, 0.3) is 5.91 Å². The molecule has 0 saturated heterocycles. The van der Waals surface area contributed by atoms with Crippen LogP contribution >= 0.6 is 0 Å². The van der Waals surface area contributed by atoms with E-state index < -0.39 is 11.9 Å². The topological polar surface area (TPSA) is 97.6 Å². The van der Waals surface area contributed by atoms with E-state index in [1.165, 1.54) is 0 Å². The summed E-state index contributed by atoms with van der Waals surface area (Å²) in [6.45, 7) is 3.27. The second-order valence-electron chi connectivity index (χ2n) is 6.32. The summed E-state index contributed by atoms with van der Waals surface area (Å²) in [5, 5.41) is 5.63. The van der Waals surface area contributed by atoms with E-state index in [1.54, 1.807) is 26.0 Å². The van der Waals surface area contributed by atoms with Gasteiger partial charge in [-0.1, -0.05) is 0 Å². The Balaban J connectivity index is 1.69. The molecule has 7 heteroatoms. The van der Waals surface area contributed by atoms with Gasteiger partial charge in [0, 0.05) is 23.1 Å². The highest BCUT2D eigenvalue weighted by Gasteiger charge is 2.19. The number of rotatable bonds is 4. The Bertz CT molecular complexity index is 885. The van der Waals surface area contributed by atoms with Crippen LogP contribution in [0.3, 0.4) is 0 Å². The first kappa shape index (κ1) is 17.0. The highest BCUT2D eigenvalue weighted by atomic mass is 16.5. The third-order valence-corrected chi connectivity index (χ3v) is 3.99. The second kappa shape index (κ2) is 6.96. The van der Waals surface area contributed by atoms with Crippen LogP contribution in [0.5, 0.6) is 5.75 Å². The second-order valence-corrected chi connectivity index (χ2v) is 6.32. The van der Waals surface area contributed by atoms with Crippen LogP contribution in [0.25, 0.3) is 11.0 Å². The van der Waals surface area contributed by atoms with Crippen molar-refractivity contribution in [3.05, 3.63) is 39.7 Å². The van der Waals surface area contributed by atoms with Crippen molar-refractivity contribution < 1.29 is 18.7 Å². The zero-order chi connectivity index (χ0) is 18.0. The summed E-state index contributed by atoms with van der Waals surface area (Å²) in [6, 6.07) is 4.52. The molecule has 1 aromatic carbocycles. The maximum absolute atomic E-state index is 12.0. The Labute approximate surface area is 144 Å². The van der Waals surface area contributed by atoms with Crippen LogP contribution in [0.15, 0.2) is 27.4 Å². The Morgan fingerprint density at radius 3 is 2.76 bits per heavy atom. The molecule has 0 radical (unpaired) electrons. The van der Waals surface area contributed by atoms with Gasteiger partial charge in [-0.3, -0.25) is 10.1 Å². The number of urea groups is 1. The number of hydrogen-bond donors (Lipinski definition) is 2. The molecule has 0 unspecified atom stereocenters. The minimum Gasteiger partial charge on any atom is -0.484 e. The van der Waals surface area contributed by atoms with Gasteiger partial charge in [-0.25, -0.2) is 9.59 Å². The van der Waals surface area contributed by atoms with Crippen molar-refractivity contribution >= 4 is 22.9 Å². The van der Waals surface area contributed by atoms with Crippen molar-refractivity contribution in [3.8, 4) is 5.75 Å². The van der Waals surface area contributed by atoms with Crippen molar-refractivity contribution in [2.45, 2.75) is 39.2 Å². The van der Waals surface area contributed by atoms with E-state index in [4.69, 9.17) is 9.15 Å². The van der Waals surface area contributed by atoms with E-state index in [0.29, 0.717) is 11.3 Å². The zero-order valence-corrected chi connectivity index (χ0v) is 14.2. The first-order valence-corrected chi connectivity index (χ1v) is 8.26. The molecule has 0 atom stereocenters. The average Bonchev–Trinajstić information content (AvgIpc) is 3.02. The molecule has 3 amide bonds. The molecule has 2 N–H and O–H groups in total. The normalized spacial score (nSPS) is 12.9. The minimum absolute atomic E-state index is 0.0705. The van der Waals surface area contributed by atoms with E-state index in [1.807, 2.05) is 6.07 Å². The van der Waals surface area contributed by atoms with Crippen LogP contribution in [-0.2, 0) is 17.6 Å². The summed E-state index contributed by atoms with van der Waals surface area (Å²) in [6.07, 6.45) is 2.57. The van der Waals surface area contributed by atoms with Crippen LogP contribution in [0.2, 0.25) is 0 Å². The number of aryl methyl sites for hydroxylation is 1. The van der Waals surface area contributed by atoms with Gasteiger partial charge in [0.1, 0.15) is 11.3 Å². The maximum Gasteiger partial charge on any atom is 0.339 e. The molecule has 1 aromatic heterocycles. The van der Waals surface area contributed by atoms with E-state index in [2.05, 4.69) is 10.6 Å². The van der Waals surface area contributed by atoms with Gasteiger partial charge < -0.3 is 14.5 Å². The summed E-state index contributed by atoms with van der Waals surface area (Å²) in [5.74, 6) is -0.165. The summed E-state index contributed by atoms with van der Waals surface area (Å²) in [4.78, 5) is 35.2. The van der Waals surface area contributed by atoms with Crippen molar-refractivity contribution in [2.75, 3.05) is 6.61 Å². The summed E-state index contributed by atoms with van der Waals surface area (Å²) >= 11 is 0. The fourth-order valence-electron chi connectivity index (χ4n) is 2.96. The summed E-state index contributed by atoms with van der Waals surface area (Å²) in [5.41, 5.74) is 1.94. The Kier molecular flexibility index (Phi) is 4.74. The molecule has 3 rings (SSSR count). The number of nitrogens with one attached hydrogen (secondary N) is 2.